The number of rotatable bonds is 9. The van der Waals surface area contributed by atoms with Crippen LogP contribution in [-0.2, 0) is 9.53 Å². The van der Waals surface area contributed by atoms with Crippen LogP contribution < -0.4 is 5.32 Å². The molecule has 1 heterocycles. The van der Waals surface area contributed by atoms with E-state index in [9.17, 15) is 9.90 Å². The predicted octanol–water partition coefficient (Wildman–Crippen LogP) is 3.54. The van der Waals surface area contributed by atoms with Crippen LogP contribution in [0.1, 0.15) is 73.1 Å². The molecule has 28 heavy (non-hydrogen) atoms. The van der Waals surface area contributed by atoms with Crippen molar-refractivity contribution in [3.05, 3.63) is 12.3 Å². The van der Waals surface area contributed by atoms with Crippen molar-refractivity contribution < 1.29 is 14.6 Å². The molecule has 1 saturated heterocycles. The van der Waals surface area contributed by atoms with Crippen molar-refractivity contribution in [3.8, 4) is 0 Å². The number of ether oxygens (including phenoxy) is 1. The second kappa shape index (κ2) is 9.73. The number of aliphatic hydroxyl groups excluding tert-OH is 1. The zero-order chi connectivity index (χ0) is 21.1. The third-order valence-electron chi connectivity index (χ3n) is 5.78. The lowest BCUT2D eigenvalue weighted by molar-refractivity contribution is -0.164. The summed E-state index contributed by atoms with van der Waals surface area (Å²) in [7, 11) is 3.71. The van der Waals surface area contributed by atoms with Crippen molar-refractivity contribution in [2.24, 2.45) is 5.92 Å². The first kappa shape index (κ1) is 23.4. The molecule has 1 aliphatic heterocycles. The average molecular weight is 411 g/mol. The van der Waals surface area contributed by atoms with Gasteiger partial charge >= 0.3 is 0 Å². The van der Waals surface area contributed by atoms with Gasteiger partial charge in [-0.3, -0.25) is 4.79 Å². The van der Waals surface area contributed by atoms with Crippen LogP contribution >= 0.6 is 8.86 Å². The molecule has 0 radical (unpaired) electrons. The van der Waals surface area contributed by atoms with E-state index in [1.165, 1.54) is 24.6 Å². The Kier molecular flexibility index (Phi) is 8.13. The zero-order valence-corrected chi connectivity index (χ0v) is 19.3. The van der Waals surface area contributed by atoms with Crippen LogP contribution in [-0.4, -0.2) is 57.6 Å². The number of hydrogen-bond acceptors (Lipinski definition) is 4. The average Bonchev–Trinajstić information content (AvgIpc) is 3.02. The Hall–Kier alpha value is -0.900. The monoisotopic (exact) mass is 410 g/mol. The molecule has 0 aromatic heterocycles. The Morgan fingerprint density at radius 2 is 1.96 bits per heavy atom. The molecule has 6 heteroatoms. The van der Waals surface area contributed by atoms with Crippen LogP contribution in [0.3, 0.4) is 0 Å². The van der Waals surface area contributed by atoms with Crippen molar-refractivity contribution in [3.63, 3.8) is 0 Å². The van der Waals surface area contributed by atoms with Crippen molar-refractivity contribution in [2.75, 3.05) is 6.54 Å². The van der Waals surface area contributed by atoms with Crippen molar-refractivity contribution in [2.45, 2.75) is 103 Å². The molecule has 0 spiro atoms. The van der Waals surface area contributed by atoms with E-state index in [0.29, 0.717) is 6.54 Å². The Morgan fingerprint density at radius 1 is 1.32 bits per heavy atom. The molecule has 0 aromatic rings. The molecule has 0 aromatic carbocycles. The molecular weight excluding hydrogens is 371 g/mol. The summed E-state index contributed by atoms with van der Waals surface area (Å²) in [6.45, 7) is 14.3. The van der Waals surface area contributed by atoms with Crippen molar-refractivity contribution >= 4 is 20.1 Å². The predicted molar refractivity (Wildman–Crippen MR) is 118 cm³/mol. The topological polar surface area (TPSA) is 61.8 Å². The van der Waals surface area contributed by atoms with Gasteiger partial charge in [-0.25, -0.2) is 0 Å². The summed E-state index contributed by atoms with van der Waals surface area (Å²) < 4.78 is 5.89. The minimum absolute atomic E-state index is 0.0628. The maximum Gasteiger partial charge on any atom is 0.254 e. The molecule has 4 unspecified atom stereocenters. The van der Waals surface area contributed by atoms with Gasteiger partial charge < -0.3 is 20.1 Å². The molecule has 1 aliphatic carbocycles. The van der Waals surface area contributed by atoms with E-state index in [-0.39, 0.29) is 18.0 Å². The molecule has 4 atom stereocenters. The Balaban J connectivity index is 2.05. The Morgan fingerprint density at radius 3 is 2.43 bits per heavy atom. The fourth-order valence-electron chi connectivity index (χ4n) is 4.02. The largest absolute Gasteiger partial charge is 0.390 e. The minimum atomic E-state index is -0.863. The van der Waals surface area contributed by atoms with Gasteiger partial charge in [0.2, 0.25) is 0 Å². The zero-order valence-electron chi connectivity index (χ0n) is 18.3. The molecule has 2 fully saturated rings. The number of hydrogen-bond donors (Lipinski definition) is 2. The summed E-state index contributed by atoms with van der Waals surface area (Å²) in [6, 6.07) is 0.164. The van der Waals surface area contributed by atoms with Crippen LogP contribution in [0, 0.1) is 5.92 Å². The molecule has 1 amide bonds. The van der Waals surface area contributed by atoms with Gasteiger partial charge in [-0.2, -0.15) is 0 Å². The third kappa shape index (κ3) is 6.30. The molecule has 160 valence electrons. The number of carbonyl (C=O) groups is 1. The first-order valence-electron chi connectivity index (χ1n) is 10.7. The highest BCUT2D eigenvalue weighted by molar-refractivity contribution is 7.21. The number of amides is 1. The third-order valence-corrected chi connectivity index (χ3v) is 6.12. The lowest BCUT2D eigenvalue weighted by Gasteiger charge is -2.36. The first-order chi connectivity index (χ1) is 13.0. The summed E-state index contributed by atoms with van der Waals surface area (Å²) in [6.07, 6.45) is 5.13. The van der Waals surface area contributed by atoms with E-state index >= 15 is 0 Å². The first-order valence-corrected chi connectivity index (χ1v) is 11.2. The number of aliphatic hydroxyl groups is 1. The summed E-state index contributed by atoms with van der Waals surface area (Å²) in [5.41, 5.74) is 0.380. The lowest BCUT2D eigenvalue weighted by atomic mass is 9.80. The summed E-state index contributed by atoms with van der Waals surface area (Å²) in [5.74, 6) is 0.628. The van der Waals surface area contributed by atoms with Crippen LogP contribution in [0.5, 0.6) is 0 Å². The Bertz CT molecular complexity index is 581. The highest BCUT2D eigenvalue weighted by Gasteiger charge is 2.39. The van der Waals surface area contributed by atoms with E-state index < -0.39 is 17.8 Å². The standard InChI is InChI=1S/C22H39N2O3P/c1-14(23-18(16(3)28)13-17-9-7-10-17)19-11-8-12-24(19)21(26)20(15(2)25)27-22(4,5)6/h15,17-20,23,25,28H,1,7-13H2,2-6H3. The fraction of sp³-hybridized carbons (Fsp3) is 0.818. The molecular formula is C22H39N2O3P. The molecule has 2 N–H and O–H groups in total. The van der Waals surface area contributed by atoms with E-state index in [1.54, 1.807) is 6.92 Å². The molecule has 2 rings (SSSR count). The number of nitrogens with one attached hydrogen (secondary N) is 1. The van der Waals surface area contributed by atoms with Gasteiger partial charge in [0.15, 0.2) is 6.10 Å². The molecule has 1 saturated carbocycles. The van der Waals surface area contributed by atoms with E-state index in [2.05, 4.69) is 27.7 Å². The van der Waals surface area contributed by atoms with Gasteiger partial charge in [-0.1, -0.05) is 25.8 Å². The van der Waals surface area contributed by atoms with Crippen molar-refractivity contribution in [1.29, 1.82) is 0 Å². The van der Waals surface area contributed by atoms with Gasteiger partial charge in [0.1, 0.15) is 0 Å². The van der Waals surface area contributed by atoms with E-state index in [1.807, 2.05) is 25.7 Å². The summed E-state index contributed by atoms with van der Waals surface area (Å²) in [4.78, 5) is 15.0. The summed E-state index contributed by atoms with van der Waals surface area (Å²) >= 11 is 0. The van der Waals surface area contributed by atoms with Crippen LogP contribution in [0.25, 0.3) is 0 Å². The van der Waals surface area contributed by atoms with Gasteiger partial charge in [0, 0.05) is 12.2 Å². The van der Waals surface area contributed by atoms with Gasteiger partial charge in [0.25, 0.3) is 5.91 Å². The number of carbonyl (C=O) groups excluding carboxylic acids is 1. The fourth-order valence-corrected chi connectivity index (χ4v) is 4.21. The maximum absolute atomic E-state index is 13.2. The van der Waals surface area contributed by atoms with Crippen LogP contribution in [0.4, 0.5) is 0 Å². The second-order valence-corrected chi connectivity index (χ2v) is 10.3. The van der Waals surface area contributed by atoms with Crippen LogP contribution in [0.15, 0.2) is 12.3 Å². The highest BCUT2D eigenvalue weighted by atomic mass is 31.0. The minimum Gasteiger partial charge on any atom is -0.390 e. The smallest absolute Gasteiger partial charge is 0.254 e. The quantitative estimate of drug-likeness (QED) is 0.571. The normalized spacial score (nSPS) is 23.6. The molecule has 2 aliphatic rings. The second-order valence-electron chi connectivity index (χ2n) is 9.52. The van der Waals surface area contributed by atoms with Crippen molar-refractivity contribution in [1.82, 2.24) is 10.2 Å². The van der Waals surface area contributed by atoms with Gasteiger partial charge in [0.05, 0.1) is 23.8 Å². The highest BCUT2D eigenvalue weighted by Crippen LogP contribution is 2.32. The van der Waals surface area contributed by atoms with E-state index in [4.69, 9.17) is 4.74 Å². The van der Waals surface area contributed by atoms with Gasteiger partial charge in [-0.15, -0.1) is 8.86 Å². The molecule has 0 bridgehead atoms. The van der Waals surface area contributed by atoms with E-state index in [0.717, 1.165) is 30.9 Å². The van der Waals surface area contributed by atoms with Crippen LogP contribution in [0.2, 0.25) is 0 Å². The maximum atomic E-state index is 13.2. The SMILES string of the molecule is C=C(NC(CC1CCC1)C(C)=P)C1CCCN1C(=O)C(OC(C)(C)C)C(C)O. The number of nitrogens with zero attached hydrogens (tertiary/aromatic N) is 1. The van der Waals surface area contributed by atoms with Gasteiger partial charge in [-0.05, 0) is 65.1 Å². The lowest BCUT2D eigenvalue weighted by Crippen LogP contribution is -2.52. The summed E-state index contributed by atoms with van der Waals surface area (Å²) in [5, 5.41) is 14.9. The number of likely N-dealkylation sites (tertiary alicyclic amines) is 1. The molecule has 5 nitrogen and oxygen atoms in total. The Labute approximate surface area is 173 Å².